The van der Waals surface area contributed by atoms with Crippen molar-refractivity contribution >= 4 is 5.91 Å². The molecule has 2 N–H and O–H groups in total. The SMILES string of the molecule is CNCC(C)C(=O)NC(c1cccc(OC)c1)c1cc(F)ccc1OC. The van der Waals surface area contributed by atoms with Crippen LogP contribution in [0.15, 0.2) is 42.5 Å². The molecular formula is C20H25FN2O3. The van der Waals surface area contributed by atoms with Crippen LogP contribution in [0.25, 0.3) is 0 Å². The third kappa shape index (κ3) is 4.73. The fourth-order valence-corrected chi connectivity index (χ4v) is 2.78. The van der Waals surface area contributed by atoms with Gasteiger partial charge in [0.1, 0.15) is 17.3 Å². The molecule has 2 atom stereocenters. The van der Waals surface area contributed by atoms with Gasteiger partial charge in [-0.15, -0.1) is 0 Å². The number of hydrogen-bond donors (Lipinski definition) is 2. The van der Waals surface area contributed by atoms with Crippen LogP contribution < -0.4 is 20.1 Å². The van der Waals surface area contributed by atoms with E-state index in [0.29, 0.717) is 23.6 Å². The van der Waals surface area contributed by atoms with Gasteiger partial charge in [-0.05, 0) is 42.9 Å². The standard InChI is InChI=1S/C20H25FN2O3/c1-13(12-22-2)20(24)23-19(14-6-5-7-16(10-14)25-3)17-11-15(21)8-9-18(17)26-4/h5-11,13,19,22H,12H2,1-4H3,(H,23,24). The first-order valence-corrected chi connectivity index (χ1v) is 8.42. The fourth-order valence-electron chi connectivity index (χ4n) is 2.78. The lowest BCUT2D eigenvalue weighted by Crippen LogP contribution is -2.37. The average Bonchev–Trinajstić information content (AvgIpc) is 2.66. The zero-order valence-corrected chi connectivity index (χ0v) is 15.5. The molecule has 5 nitrogen and oxygen atoms in total. The van der Waals surface area contributed by atoms with E-state index in [2.05, 4.69) is 10.6 Å². The van der Waals surface area contributed by atoms with Crippen LogP contribution in [0.5, 0.6) is 11.5 Å². The van der Waals surface area contributed by atoms with Crippen LogP contribution in [0.3, 0.4) is 0 Å². The van der Waals surface area contributed by atoms with Crippen molar-refractivity contribution in [2.24, 2.45) is 5.92 Å². The predicted molar refractivity (Wildman–Crippen MR) is 99.0 cm³/mol. The summed E-state index contributed by atoms with van der Waals surface area (Å²) in [4.78, 5) is 12.6. The summed E-state index contributed by atoms with van der Waals surface area (Å²) in [5, 5.41) is 5.99. The quantitative estimate of drug-likeness (QED) is 0.760. The highest BCUT2D eigenvalue weighted by atomic mass is 19.1. The Morgan fingerprint density at radius 3 is 2.58 bits per heavy atom. The summed E-state index contributed by atoms with van der Waals surface area (Å²) in [6, 6.07) is 11.0. The molecule has 140 valence electrons. The van der Waals surface area contributed by atoms with E-state index in [0.717, 1.165) is 5.56 Å². The Morgan fingerprint density at radius 1 is 1.15 bits per heavy atom. The van der Waals surface area contributed by atoms with Gasteiger partial charge in [0.2, 0.25) is 5.91 Å². The Morgan fingerprint density at radius 2 is 1.92 bits per heavy atom. The lowest BCUT2D eigenvalue weighted by molar-refractivity contribution is -0.124. The van der Waals surface area contributed by atoms with Gasteiger partial charge in [0.25, 0.3) is 0 Å². The molecule has 1 amide bonds. The van der Waals surface area contributed by atoms with Crippen molar-refractivity contribution in [2.45, 2.75) is 13.0 Å². The summed E-state index contributed by atoms with van der Waals surface area (Å²) in [5.41, 5.74) is 1.32. The molecule has 26 heavy (non-hydrogen) atoms. The first kappa shape index (κ1) is 19.7. The molecule has 0 saturated heterocycles. The molecule has 0 fully saturated rings. The molecule has 0 aliphatic rings. The van der Waals surface area contributed by atoms with Crippen LogP contribution in [0, 0.1) is 11.7 Å². The van der Waals surface area contributed by atoms with E-state index < -0.39 is 11.9 Å². The largest absolute Gasteiger partial charge is 0.497 e. The van der Waals surface area contributed by atoms with Crippen molar-refractivity contribution in [3.63, 3.8) is 0 Å². The van der Waals surface area contributed by atoms with E-state index in [1.165, 1.54) is 19.2 Å². The summed E-state index contributed by atoms with van der Waals surface area (Å²) < 4.78 is 24.6. The lowest BCUT2D eigenvalue weighted by Gasteiger charge is -2.24. The summed E-state index contributed by atoms with van der Waals surface area (Å²) in [6.45, 7) is 2.37. The van der Waals surface area contributed by atoms with E-state index in [4.69, 9.17) is 9.47 Å². The van der Waals surface area contributed by atoms with Crippen LogP contribution in [0.1, 0.15) is 24.1 Å². The topological polar surface area (TPSA) is 59.6 Å². The molecule has 0 bridgehead atoms. The van der Waals surface area contributed by atoms with Gasteiger partial charge in [0, 0.05) is 18.0 Å². The van der Waals surface area contributed by atoms with Crippen LogP contribution in [-0.4, -0.2) is 33.7 Å². The number of halogens is 1. The highest BCUT2D eigenvalue weighted by Crippen LogP contribution is 2.32. The van der Waals surface area contributed by atoms with Crippen molar-refractivity contribution in [1.82, 2.24) is 10.6 Å². The minimum Gasteiger partial charge on any atom is -0.497 e. The van der Waals surface area contributed by atoms with Crippen LogP contribution in [-0.2, 0) is 4.79 Å². The fraction of sp³-hybridized carbons (Fsp3) is 0.350. The summed E-state index contributed by atoms with van der Waals surface area (Å²) in [7, 11) is 4.88. The molecule has 0 aliphatic heterocycles. The second-order valence-corrected chi connectivity index (χ2v) is 6.06. The number of nitrogens with one attached hydrogen (secondary N) is 2. The molecule has 2 aromatic carbocycles. The normalized spacial score (nSPS) is 13.0. The number of benzene rings is 2. The average molecular weight is 360 g/mol. The molecule has 0 aliphatic carbocycles. The summed E-state index contributed by atoms with van der Waals surface area (Å²) >= 11 is 0. The van der Waals surface area contributed by atoms with Gasteiger partial charge in [-0.3, -0.25) is 4.79 Å². The van der Waals surface area contributed by atoms with Gasteiger partial charge in [-0.1, -0.05) is 19.1 Å². The van der Waals surface area contributed by atoms with Gasteiger partial charge in [-0.2, -0.15) is 0 Å². The Labute approximate surface area is 153 Å². The molecule has 0 heterocycles. The van der Waals surface area contributed by atoms with E-state index in [9.17, 15) is 9.18 Å². The van der Waals surface area contributed by atoms with Gasteiger partial charge in [0.15, 0.2) is 0 Å². The first-order chi connectivity index (χ1) is 12.5. The Hall–Kier alpha value is -2.60. The molecule has 0 radical (unpaired) electrons. The zero-order valence-electron chi connectivity index (χ0n) is 15.5. The van der Waals surface area contributed by atoms with Crippen molar-refractivity contribution in [1.29, 1.82) is 0 Å². The third-order valence-electron chi connectivity index (χ3n) is 4.17. The second-order valence-electron chi connectivity index (χ2n) is 6.06. The number of carbonyl (C=O) groups excluding carboxylic acids is 1. The Bertz CT molecular complexity index is 752. The van der Waals surface area contributed by atoms with E-state index >= 15 is 0 Å². The monoisotopic (exact) mass is 360 g/mol. The second kappa shape index (κ2) is 9.20. The summed E-state index contributed by atoms with van der Waals surface area (Å²) in [6.07, 6.45) is 0. The van der Waals surface area contributed by atoms with E-state index in [1.807, 2.05) is 31.2 Å². The van der Waals surface area contributed by atoms with E-state index in [-0.39, 0.29) is 11.8 Å². The number of rotatable bonds is 8. The molecule has 2 aromatic rings. The Balaban J connectivity index is 2.48. The van der Waals surface area contributed by atoms with Crippen LogP contribution >= 0.6 is 0 Å². The highest BCUT2D eigenvalue weighted by molar-refractivity contribution is 5.79. The highest BCUT2D eigenvalue weighted by Gasteiger charge is 2.24. The minimum atomic E-state index is -0.567. The minimum absolute atomic E-state index is 0.140. The molecule has 0 saturated carbocycles. The van der Waals surface area contributed by atoms with Crippen LogP contribution in [0.2, 0.25) is 0 Å². The lowest BCUT2D eigenvalue weighted by atomic mass is 9.96. The smallest absolute Gasteiger partial charge is 0.224 e. The molecule has 2 rings (SSSR count). The van der Waals surface area contributed by atoms with E-state index in [1.54, 1.807) is 20.2 Å². The molecular weight excluding hydrogens is 335 g/mol. The zero-order chi connectivity index (χ0) is 19.1. The van der Waals surface area contributed by atoms with Crippen molar-refractivity contribution in [3.05, 3.63) is 59.4 Å². The van der Waals surface area contributed by atoms with Gasteiger partial charge in [0.05, 0.1) is 20.3 Å². The maximum Gasteiger partial charge on any atom is 0.224 e. The van der Waals surface area contributed by atoms with Gasteiger partial charge < -0.3 is 20.1 Å². The maximum absolute atomic E-state index is 13.9. The number of ether oxygens (including phenoxy) is 2. The molecule has 2 unspecified atom stereocenters. The maximum atomic E-state index is 13.9. The summed E-state index contributed by atoms with van der Waals surface area (Å²) in [5.74, 6) is 0.374. The molecule has 6 heteroatoms. The van der Waals surface area contributed by atoms with Gasteiger partial charge >= 0.3 is 0 Å². The molecule has 0 aromatic heterocycles. The van der Waals surface area contributed by atoms with Crippen molar-refractivity contribution in [2.75, 3.05) is 27.8 Å². The molecule has 0 spiro atoms. The number of hydrogen-bond acceptors (Lipinski definition) is 4. The first-order valence-electron chi connectivity index (χ1n) is 8.42. The third-order valence-corrected chi connectivity index (χ3v) is 4.17. The van der Waals surface area contributed by atoms with Crippen LogP contribution in [0.4, 0.5) is 4.39 Å². The Kier molecular flexibility index (Phi) is 6.97. The van der Waals surface area contributed by atoms with Crippen molar-refractivity contribution in [3.8, 4) is 11.5 Å². The number of amides is 1. The number of methoxy groups -OCH3 is 2. The number of carbonyl (C=O) groups is 1. The van der Waals surface area contributed by atoms with Crippen molar-refractivity contribution < 1.29 is 18.7 Å². The predicted octanol–water partition coefficient (Wildman–Crippen LogP) is 2.90. The van der Waals surface area contributed by atoms with Gasteiger partial charge in [-0.25, -0.2) is 4.39 Å².